The van der Waals surface area contributed by atoms with Gasteiger partial charge in [-0.15, -0.1) is 0 Å². The Morgan fingerprint density at radius 1 is 1.27 bits per heavy atom. The van der Waals surface area contributed by atoms with Crippen LogP contribution < -0.4 is 15.4 Å². The van der Waals surface area contributed by atoms with Gasteiger partial charge in [0, 0.05) is 17.5 Å². The van der Waals surface area contributed by atoms with Crippen LogP contribution in [-0.4, -0.2) is 35.9 Å². The zero-order valence-corrected chi connectivity index (χ0v) is 16.1. The minimum Gasteiger partial charge on any atom is -0.493 e. The number of hydrogen-bond donors (Lipinski definition) is 2. The zero-order chi connectivity index (χ0) is 21.5. The number of amides is 4. The van der Waals surface area contributed by atoms with E-state index < -0.39 is 41.6 Å². The van der Waals surface area contributed by atoms with E-state index in [1.54, 1.807) is 6.07 Å². The molecule has 2 aromatic rings. The molecule has 4 rings (SSSR count). The highest BCUT2D eigenvalue weighted by Gasteiger charge is 2.51. The second-order valence-electron chi connectivity index (χ2n) is 7.37. The van der Waals surface area contributed by atoms with E-state index in [-0.39, 0.29) is 11.6 Å². The zero-order valence-electron chi connectivity index (χ0n) is 16.1. The van der Waals surface area contributed by atoms with E-state index >= 15 is 0 Å². The molecule has 2 heterocycles. The van der Waals surface area contributed by atoms with E-state index in [4.69, 9.17) is 4.74 Å². The molecule has 156 valence electrons. The summed E-state index contributed by atoms with van der Waals surface area (Å²) in [6, 6.07) is 8.75. The van der Waals surface area contributed by atoms with Crippen molar-refractivity contribution in [3.05, 3.63) is 65.2 Å². The third kappa shape index (κ3) is 3.36. The Hall–Kier alpha value is -3.49. The van der Waals surface area contributed by atoms with Gasteiger partial charge in [0.15, 0.2) is 0 Å². The van der Waals surface area contributed by atoms with Gasteiger partial charge < -0.3 is 15.4 Å². The standard InChI is InChI=1S/C21H19F2N3O4/c1-21(14-10-12(22)6-7-15(14)23)19(28)26(20(29)25-21)11-18(27)24-16-8-9-30-17-5-3-2-4-13(16)17/h2-7,10,16H,8-9,11H2,1H3,(H,24,27)(H,25,29). The summed E-state index contributed by atoms with van der Waals surface area (Å²) in [6.45, 7) is 1.15. The molecular formula is C21H19F2N3O4. The summed E-state index contributed by atoms with van der Waals surface area (Å²) in [5, 5.41) is 5.17. The number of hydrogen-bond acceptors (Lipinski definition) is 4. The number of rotatable bonds is 4. The number of carbonyl (C=O) groups is 3. The third-order valence-corrected chi connectivity index (χ3v) is 5.34. The molecule has 2 aromatic carbocycles. The van der Waals surface area contributed by atoms with Gasteiger partial charge in [-0.3, -0.25) is 14.5 Å². The molecule has 2 aliphatic rings. The Labute approximate surface area is 171 Å². The fourth-order valence-electron chi connectivity index (χ4n) is 3.78. The summed E-state index contributed by atoms with van der Waals surface area (Å²) >= 11 is 0. The van der Waals surface area contributed by atoms with Gasteiger partial charge in [0.2, 0.25) is 5.91 Å². The molecule has 30 heavy (non-hydrogen) atoms. The minimum atomic E-state index is -1.81. The van der Waals surface area contributed by atoms with Crippen molar-refractivity contribution in [2.45, 2.75) is 24.9 Å². The lowest BCUT2D eigenvalue weighted by atomic mass is 9.91. The Morgan fingerprint density at radius 3 is 2.83 bits per heavy atom. The van der Waals surface area contributed by atoms with Crippen LogP contribution in [0.25, 0.3) is 0 Å². The maximum atomic E-state index is 14.2. The topological polar surface area (TPSA) is 87.7 Å². The molecule has 0 spiro atoms. The molecule has 1 fully saturated rings. The van der Waals surface area contributed by atoms with Crippen molar-refractivity contribution in [3.63, 3.8) is 0 Å². The van der Waals surface area contributed by atoms with Crippen molar-refractivity contribution in [1.82, 2.24) is 15.5 Å². The van der Waals surface area contributed by atoms with Gasteiger partial charge in [0.25, 0.3) is 5.91 Å². The molecule has 2 atom stereocenters. The number of fused-ring (bicyclic) bond motifs is 1. The Bertz CT molecular complexity index is 1040. The number of nitrogens with zero attached hydrogens (tertiary/aromatic N) is 1. The van der Waals surface area contributed by atoms with E-state index in [1.807, 2.05) is 18.2 Å². The second kappa shape index (κ2) is 7.40. The second-order valence-corrected chi connectivity index (χ2v) is 7.37. The molecule has 1 saturated heterocycles. The SMILES string of the molecule is CC1(c2cc(F)ccc2F)NC(=O)N(CC(=O)NC2CCOc3ccccc32)C1=O. The van der Waals surface area contributed by atoms with Gasteiger partial charge >= 0.3 is 6.03 Å². The fraction of sp³-hybridized carbons (Fsp3) is 0.286. The van der Waals surface area contributed by atoms with Crippen LogP contribution in [0.5, 0.6) is 5.75 Å². The number of nitrogens with one attached hydrogen (secondary N) is 2. The molecule has 0 aromatic heterocycles. The predicted octanol–water partition coefficient (Wildman–Crippen LogP) is 2.37. The van der Waals surface area contributed by atoms with Crippen molar-refractivity contribution >= 4 is 17.8 Å². The molecule has 2 N–H and O–H groups in total. The molecule has 0 radical (unpaired) electrons. The monoisotopic (exact) mass is 415 g/mol. The average Bonchev–Trinajstić information content (AvgIpc) is 2.94. The molecule has 9 heteroatoms. The third-order valence-electron chi connectivity index (χ3n) is 5.34. The molecule has 0 bridgehead atoms. The van der Waals surface area contributed by atoms with Crippen molar-refractivity contribution in [2.24, 2.45) is 0 Å². The predicted molar refractivity (Wildman–Crippen MR) is 101 cm³/mol. The maximum absolute atomic E-state index is 14.2. The summed E-state index contributed by atoms with van der Waals surface area (Å²) in [6.07, 6.45) is 0.537. The number of imide groups is 1. The summed E-state index contributed by atoms with van der Waals surface area (Å²) in [5.74, 6) is -2.30. The molecule has 4 amide bonds. The summed E-state index contributed by atoms with van der Waals surface area (Å²) in [7, 11) is 0. The number of para-hydroxylation sites is 1. The van der Waals surface area contributed by atoms with E-state index in [2.05, 4.69) is 10.6 Å². The number of benzene rings is 2. The van der Waals surface area contributed by atoms with Crippen LogP contribution in [-0.2, 0) is 15.1 Å². The van der Waals surface area contributed by atoms with Gasteiger partial charge in [-0.25, -0.2) is 13.6 Å². The largest absolute Gasteiger partial charge is 0.493 e. The quantitative estimate of drug-likeness (QED) is 0.751. The smallest absolute Gasteiger partial charge is 0.325 e. The van der Waals surface area contributed by atoms with Crippen LogP contribution in [0, 0.1) is 11.6 Å². The molecule has 0 saturated carbocycles. The Balaban J connectivity index is 1.50. The maximum Gasteiger partial charge on any atom is 0.325 e. The van der Waals surface area contributed by atoms with Crippen LogP contribution in [0.1, 0.15) is 30.5 Å². The normalized spacial score (nSPS) is 22.9. The van der Waals surface area contributed by atoms with Crippen LogP contribution in [0.4, 0.5) is 13.6 Å². The fourth-order valence-corrected chi connectivity index (χ4v) is 3.78. The lowest BCUT2D eigenvalue weighted by molar-refractivity contribution is -0.135. The van der Waals surface area contributed by atoms with Gasteiger partial charge in [0.1, 0.15) is 29.5 Å². The van der Waals surface area contributed by atoms with Gasteiger partial charge in [-0.05, 0) is 31.2 Å². The average molecular weight is 415 g/mol. The first-order valence-corrected chi connectivity index (χ1v) is 9.40. The van der Waals surface area contributed by atoms with Gasteiger partial charge in [0.05, 0.1) is 12.6 Å². The Kier molecular flexibility index (Phi) is 4.89. The van der Waals surface area contributed by atoms with E-state index in [9.17, 15) is 23.2 Å². The Morgan fingerprint density at radius 2 is 2.03 bits per heavy atom. The highest BCUT2D eigenvalue weighted by Crippen LogP contribution is 2.33. The van der Waals surface area contributed by atoms with Crippen LogP contribution in [0.15, 0.2) is 42.5 Å². The molecule has 0 aliphatic carbocycles. The highest BCUT2D eigenvalue weighted by atomic mass is 19.1. The van der Waals surface area contributed by atoms with Crippen molar-refractivity contribution < 1.29 is 27.9 Å². The first kappa shape index (κ1) is 19.8. The molecule has 7 nitrogen and oxygen atoms in total. The summed E-state index contributed by atoms with van der Waals surface area (Å²) in [5.41, 5.74) is -1.31. The first-order valence-electron chi connectivity index (χ1n) is 9.40. The number of halogens is 2. The van der Waals surface area contributed by atoms with E-state index in [1.165, 1.54) is 6.92 Å². The molecular weight excluding hydrogens is 396 g/mol. The van der Waals surface area contributed by atoms with Crippen LogP contribution in [0.3, 0.4) is 0 Å². The number of carbonyl (C=O) groups excluding carboxylic acids is 3. The lowest BCUT2D eigenvalue weighted by Gasteiger charge is -2.27. The van der Waals surface area contributed by atoms with Gasteiger partial charge in [-0.1, -0.05) is 18.2 Å². The minimum absolute atomic E-state index is 0.304. The van der Waals surface area contributed by atoms with Gasteiger partial charge in [-0.2, -0.15) is 0 Å². The number of ether oxygens (including phenoxy) is 1. The lowest BCUT2D eigenvalue weighted by Crippen LogP contribution is -2.44. The van der Waals surface area contributed by atoms with E-state index in [0.29, 0.717) is 23.7 Å². The molecule has 2 aliphatic heterocycles. The van der Waals surface area contributed by atoms with Crippen molar-refractivity contribution in [1.29, 1.82) is 0 Å². The first-order chi connectivity index (χ1) is 14.3. The highest BCUT2D eigenvalue weighted by molar-refractivity contribution is 6.09. The van der Waals surface area contributed by atoms with E-state index in [0.717, 1.165) is 23.8 Å². The summed E-state index contributed by atoms with van der Waals surface area (Å²) < 4.78 is 33.4. The van der Waals surface area contributed by atoms with Crippen molar-refractivity contribution in [2.75, 3.05) is 13.2 Å². The number of urea groups is 1. The van der Waals surface area contributed by atoms with Crippen LogP contribution >= 0.6 is 0 Å². The van der Waals surface area contributed by atoms with Crippen LogP contribution in [0.2, 0.25) is 0 Å². The molecule has 2 unspecified atom stereocenters. The van der Waals surface area contributed by atoms with Crippen molar-refractivity contribution in [3.8, 4) is 5.75 Å². The summed E-state index contributed by atoms with van der Waals surface area (Å²) in [4.78, 5) is 38.5.